The standard InChI is InChI=1S/C16H25ClN2O/c1-12(18)16(14-3-5-15(17)6-4-14)19(2)11-13-7-9-20-10-8-13/h3-6,12-13,16H,7-11,18H2,1-2H3. The third-order valence-corrected chi connectivity index (χ3v) is 4.32. The number of nitrogens with two attached hydrogens (primary N) is 1. The van der Waals surface area contributed by atoms with Crippen molar-refractivity contribution in [1.82, 2.24) is 4.90 Å². The molecular formula is C16H25ClN2O. The van der Waals surface area contributed by atoms with Crippen molar-refractivity contribution in [2.45, 2.75) is 31.8 Å². The van der Waals surface area contributed by atoms with Crippen LogP contribution in [0.1, 0.15) is 31.4 Å². The predicted molar refractivity (Wildman–Crippen MR) is 84.0 cm³/mol. The number of halogens is 1. The maximum atomic E-state index is 6.21. The van der Waals surface area contributed by atoms with E-state index in [1.54, 1.807) is 0 Å². The number of benzene rings is 1. The van der Waals surface area contributed by atoms with E-state index < -0.39 is 0 Å². The molecule has 0 aromatic heterocycles. The molecule has 3 nitrogen and oxygen atoms in total. The van der Waals surface area contributed by atoms with Gasteiger partial charge in [-0.1, -0.05) is 23.7 Å². The summed E-state index contributed by atoms with van der Waals surface area (Å²) >= 11 is 5.97. The van der Waals surface area contributed by atoms with Crippen molar-refractivity contribution in [3.63, 3.8) is 0 Å². The third kappa shape index (κ3) is 4.19. The molecule has 0 aliphatic carbocycles. The van der Waals surface area contributed by atoms with Gasteiger partial charge in [-0.25, -0.2) is 0 Å². The fourth-order valence-corrected chi connectivity index (χ4v) is 3.20. The summed E-state index contributed by atoms with van der Waals surface area (Å²) in [6.07, 6.45) is 2.30. The van der Waals surface area contributed by atoms with Crippen LogP contribution in [0.15, 0.2) is 24.3 Å². The van der Waals surface area contributed by atoms with Crippen LogP contribution in [0.4, 0.5) is 0 Å². The average molecular weight is 297 g/mol. The molecule has 2 atom stereocenters. The Morgan fingerprint density at radius 1 is 1.30 bits per heavy atom. The van der Waals surface area contributed by atoms with Crippen molar-refractivity contribution < 1.29 is 4.74 Å². The summed E-state index contributed by atoms with van der Waals surface area (Å²) in [5.74, 6) is 0.710. The normalized spacial score (nSPS) is 20.1. The van der Waals surface area contributed by atoms with Crippen LogP contribution in [0.5, 0.6) is 0 Å². The summed E-state index contributed by atoms with van der Waals surface area (Å²) in [5, 5.41) is 0.768. The lowest BCUT2D eigenvalue weighted by atomic mass is 9.95. The Morgan fingerprint density at radius 2 is 1.90 bits per heavy atom. The van der Waals surface area contributed by atoms with Gasteiger partial charge in [-0.2, -0.15) is 0 Å². The minimum atomic E-state index is 0.0843. The van der Waals surface area contributed by atoms with Gasteiger partial charge in [0.15, 0.2) is 0 Å². The Hall–Kier alpha value is -0.610. The summed E-state index contributed by atoms with van der Waals surface area (Å²) in [6, 6.07) is 8.35. The van der Waals surface area contributed by atoms with E-state index >= 15 is 0 Å². The van der Waals surface area contributed by atoms with E-state index in [4.69, 9.17) is 22.1 Å². The first kappa shape index (κ1) is 15.8. The highest BCUT2D eigenvalue weighted by molar-refractivity contribution is 6.30. The molecule has 2 N–H and O–H groups in total. The second-order valence-corrected chi connectivity index (χ2v) is 6.29. The zero-order valence-electron chi connectivity index (χ0n) is 12.4. The lowest BCUT2D eigenvalue weighted by Crippen LogP contribution is -2.40. The molecule has 1 aliphatic rings. The minimum absolute atomic E-state index is 0.0843. The Morgan fingerprint density at radius 3 is 2.45 bits per heavy atom. The molecule has 0 spiro atoms. The number of rotatable bonds is 5. The highest BCUT2D eigenvalue weighted by Gasteiger charge is 2.24. The first-order valence-electron chi connectivity index (χ1n) is 7.37. The lowest BCUT2D eigenvalue weighted by Gasteiger charge is -2.35. The second kappa shape index (κ2) is 7.41. The van der Waals surface area contributed by atoms with Crippen LogP contribution in [0.3, 0.4) is 0 Å². The molecule has 0 radical (unpaired) electrons. The van der Waals surface area contributed by atoms with Gasteiger partial charge in [-0.05, 0) is 50.4 Å². The summed E-state index contributed by atoms with van der Waals surface area (Å²) in [7, 11) is 2.16. The molecule has 1 aromatic rings. The number of hydrogen-bond acceptors (Lipinski definition) is 3. The lowest BCUT2D eigenvalue weighted by molar-refractivity contribution is 0.0487. The van der Waals surface area contributed by atoms with E-state index in [0.717, 1.165) is 37.6 Å². The Labute approximate surface area is 127 Å². The first-order chi connectivity index (χ1) is 9.58. The van der Waals surface area contributed by atoms with Crippen LogP contribution >= 0.6 is 11.6 Å². The van der Waals surface area contributed by atoms with Gasteiger partial charge in [0.05, 0.1) is 0 Å². The fourth-order valence-electron chi connectivity index (χ4n) is 3.07. The molecule has 4 heteroatoms. The molecule has 1 fully saturated rings. The highest BCUT2D eigenvalue weighted by Crippen LogP contribution is 2.26. The predicted octanol–water partition coefficient (Wildman–Crippen LogP) is 3.09. The molecule has 0 bridgehead atoms. The molecule has 1 aliphatic heterocycles. The number of ether oxygens (including phenoxy) is 1. The molecular weight excluding hydrogens is 272 g/mol. The van der Waals surface area contributed by atoms with Gasteiger partial charge in [-0.15, -0.1) is 0 Å². The Kier molecular flexibility index (Phi) is 5.85. The van der Waals surface area contributed by atoms with Crippen molar-refractivity contribution in [3.8, 4) is 0 Å². The molecule has 112 valence electrons. The van der Waals surface area contributed by atoms with Crippen molar-refractivity contribution >= 4 is 11.6 Å². The number of nitrogens with zero attached hydrogens (tertiary/aromatic N) is 1. The molecule has 1 saturated heterocycles. The summed E-state index contributed by atoms with van der Waals surface area (Å²) < 4.78 is 5.43. The maximum Gasteiger partial charge on any atom is 0.0493 e. The zero-order chi connectivity index (χ0) is 14.5. The molecule has 1 aromatic carbocycles. The number of likely N-dealkylation sites (N-methyl/N-ethyl adjacent to an activating group) is 1. The van der Waals surface area contributed by atoms with Crippen LogP contribution in [-0.2, 0) is 4.74 Å². The number of hydrogen-bond donors (Lipinski definition) is 1. The van der Waals surface area contributed by atoms with Crippen LogP contribution in [0, 0.1) is 5.92 Å². The molecule has 0 saturated carbocycles. The minimum Gasteiger partial charge on any atom is -0.381 e. The first-order valence-corrected chi connectivity index (χ1v) is 7.74. The van der Waals surface area contributed by atoms with Gasteiger partial charge in [0.2, 0.25) is 0 Å². The van der Waals surface area contributed by atoms with E-state index in [0.29, 0.717) is 5.92 Å². The Balaban J connectivity index is 2.05. The average Bonchev–Trinajstić information content (AvgIpc) is 2.42. The van der Waals surface area contributed by atoms with Crippen LogP contribution < -0.4 is 5.73 Å². The second-order valence-electron chi connectivity index (χ2n) is 5.85. The highest BCUT2D eigenvalue weighted by atomic mass is 35.5. The van der Waals surface area contributed by atoms with Gasteiger partial charge in [0.1, 0.15) is 0 Å². The topological polar surface area (TPSA) is 38.5 Å². The van der Waals surface area contributed by atoms with E-state index in [9.17, 15) is 0 Å². The van der Waals surface area contributed by atoms with E-state index in [2.05, 4.69) is 31.0 Å². The van der Waals surface area contributed by atoms with Crippen molar-refractivity contribution in [2.24, 2.45) is 11.7 Å². The van der Waals surface area contributed by atoms with E-state index in [1.165, 1.54) is 5.56 Å². The molecule has 2 unspecified atom stereocenters. The SMILES string of the molecule is CC(N)C(c1ccc(Cl)cc1)N(C)CC1CCOCC1. The molecule has 0 amide bonds. The van der Waals surface area contributed by atoms with Gasteiger partial charge in [0.25, 0.3) is 0 Å². The summed E-state index contributed by atoms with van der Waals surface area (Å²) in [5.41, 5.74) is 7.45. The third-order valence-electron chi connectivity index (χ3n) is 4.07. The quantitative estimate of drug-likeness (QED) is 0.907. The van der Waals surface area contributed by atoms with E-state index in [1.807, 2.05) is 12.1 Å². The summed E-state index contributed by atoms with van der Waals surface area (Å²) in [4.78, 5) is 2.38. The summed E-state index contributed by atoms with van der Waals surface area (Å²) in [6.45, 7) is 4.92. The van der Waals surface area contributed by atoms with Crippen molar-refractivity contribution in [1.29, 1.82) is 0 Å². The smallest absolute Gasteiger partial charge is 0.0493 e. The molecule has 20 heavy (non-hydrogen) atoms. The maximum absolute atomic E-state index is 6.21. The molecule has 1 heterocycles. The zero-order valence-corrected chi connectivity index (χ0v) is 13.1. The van der Waals surface area contributed by atoms with Gasteiger partial charge >= 0.3 is 0 Å². The van der Waals surface area contributed by atoms with Gasteiger partial charge in [-0.3, -0.25) is 4.90 Å². The fraction of sp³-hybridized carbons (Fsp3) is 0.625. The largest absolute Gasteiger partial charge is 0.381 e. The van der Waals surface area contributed by atoms with Crippen LogP contribution in [-0.4, -0.2) is 37.7 Å². The van der Waals surface area contributed by atoms with Gasteiger partial charge < -0.3 is 10.5 Å². The van der Waals surface area contributed by atoms with Crippen molar-refractivity contribution in [3.05, 3.63) is 34.9 Å². The van der Waals surface area contributed by atoms with Crippen molar-refractivity contribution in [2.75, 3.05) is 26.8 Å². The van der Waals surface area contributed by atoms with Gasteiger partial charge in [0, 0.05) is 36.9 Å². The van der Waals surface area contributed by atoms with Crippen LogP contribution in [0.25, 0.3) is 0 Å². The Bertz CT molecular complexity index is 401. The van der Waals surface area contributed by atoms with E-state index in [-0.39, 0.29) is 12.1 Å². The van der Waals surface area contributed by atoms with Crippen LogP contribution in [0.2, 0.25) is 5.02 Å². The monoisotopic (exact) mass is 296 g/mol. The molecule has 2 rings (SSSR count).